The molecule has 0 fully saturated rings. The first-order valence-corrected chi connectivity index (χ1v) is 7.07. The molecule has 22 heavy (non-hydrogen) atoms. The number of methoxy groups -OCH3 is 1. The minimum absolute atomic E-state index is 0.0908. The van der Waals surface area contributed by atoms with Crippen LogP contribution >= 0.6 is 0 Å². The van der Waals surface area contributed by atoms with Gasteiger partial charge in [-0.1, -0.05) is 18.7 Å². The second-order valence-electron chi connectivity index (χ2n) is 5.16. The first-order valence-electron chi connectivity index (χ1n) is 7.07. The maximum absolute atomic E-state index is 10.5. The summed E-state index contributed by atoms with van der Waals surface area (Å²) in [4.78, 5) is 10.5. The minimum Gasteiger partial charge on any atom is -0.507 e. The van der Waals surface area contributed by atoms with E-state index >= 15 is 0 Å². The number of aromatic hydroxyl groups is 1. The second kappa shape index (κ2) is 6.56. The molecule has 5 heteroatoms. The molecule has 5 nitrogen and oxygen atoms in total. The Morgan fingerprint density at radius 3 is 2.82 bits per heavy atom. The molecule has 0 bridgehead atoms. The van der Waals surface area contributed by atoms with Crippen LogP contribution < -0.4 is 4.74 Å². The summed E-state index contributed by atoms with van der Waals surface area (Å²) < 4.78 is 10.9. The van der Waals surface area contributed by atoms with E-state index in [1.165, 1.54) is 0 Å². The van der Waals surface area contributed by atoms with Crippen molar-refractivity contribution in [3.05, 3.63) is 41.0 Å². The number of phenolic OH excluding ortho intramolecular Hbond substituents is 1. The molecule has 2 rings (SSSR count). The number of ether oxygens (including phenoxy) is 2. The number of benzene rings is 1. The smallest absolute Gasteiger partial charge is 0.303 e. The summed E-state index contributed by atoms with van der Waals surface area (Å²) in [5, 5.41) is 19.1. The van der Waals surface area contributed by atoms with Crippen molar-refractivity contribution in [3.8, 4) is 11.5 Å². The lowest BCUT2D eigenvalue weighted by molar-refractivity contribution is -0.136. The maximum Gasteiger partial charge on any atom is 0.303 e. The van der Waals surface area contributed by atoms with Gasteiger partial charge in [-0.05, 0) is 25.3 Å². The average Bonchev–Trinajstić information content (AvgIpc) is 2.86. The van der Waals surface area contributed by atoms with Crippen LogP contribution in [0.3, 0.4) is 0 Å². The Balaban J connectivity index is 2.31. The molecule has 0 amide bonds. The van der Waals surface area contributed by atoms with Gasteiger partial charge in [-0.3, -0.25) is 4.79 Å². The lowest BCUT2D eigenvalue weighted by atomic mass is 9.94. The summed E-state index contributed by atoms with van der Waals surface area (Å²) >= 11 is 0. The van der Waals surface area contributed by atoms with Gasteiger partial charge in [-0.25, -0.2) is 0 Å². The minimum atomic E-state index is -0.827. The third kappa shape index (κ3) is 2.93. The molecule has 0 aromatic heterocycles. The van der Waals surface area contributed by atoms with Crippen molar-refractivity contribution in [1.82, 2.24) is 0 Å². The second-order valence-corrected chi connectivity index (χ2v) is 5.16. The van der Waals surface area contributed by atoms with E-state index in [0.29, 0.717) is 42.1 Å². The van der Waals surface area contributed by atoms with E-state index in [4.69, 9.17) is 14.6 Å². The van der Waals surface area contributed by atoms with Gasteiger partial charge in [-0.2, -0.15) is 0 Å². The number of carboxylic acids is 1. The molecular weight excluding hydrogens is 284 g/mol. The number of allylic oxidation sites excluding steroid dienone is 2. The first kappa shape index (κ1) is 15.9. The van der Waals surface area contributed by atoms with Crippen molar-refractivity contribution in [1.29, 1.82) is 0 Å². The van der Waals surface area contributed by atoms with Gasteiger partial charge in [0, 0.05) is 17.5 Å². The summed E-state index contributed by atoms with van der Waals surface area (Å²) in [6, 6.07) is 0. The third-order valence-corrected chi connectivity index (χ3v) is 3.78. The van der Waals surface area contributed by atoms with Gasteiger partial charge < -0.3 is 19.7 Å². The largest absolute Gasteiger partial charge is 0.507 e. The van der Waals surface area contributed by atoms with Gasteiger partial charge in [0.05, 0.1) is 12.7 Å². The quantitative estimate of drug-likeness (QED) is 0.789. The Morgan fingerprint density at radius 1 is 1.45 bits per heavy atom. The highest BCUT2D eigenvalue weighted by Crippen LogP contribution is 2.45. The Bertz CT molecular complexity index is 643. The van der Waals surface area contributed by atoms with Crippen molar-refractivity contribution in [2.75, 3.05) is 7.11 Å². The molecule has 118 valence electrons. The number of carboxylic acid groups (broad SMARTS) is 1. The zero-order valence-electron chi connectivity index (χ0n) is 12.8. The Morgan fingerprint density at radius 2 is 2.18 bits per heavy atom. The van der Waals surface area contributed by atoms with Gasteiger partial charge in [-0.15, -0.1) is 0 Å². The van der Waals surface area contributed by atoms with Crippen LogP contribution in [-0.2, 0) is 22.6 Å². The van der Waals surface area contributed by atoms with Crippen LogP contribution in [0.1, 0.15) is 35.1 Å². The Kier molecular flexibility index (Phi) is 4.75. The normalized spacial score (nSPS) is 13.3. The van der Waals surface area contributed by atoms with Crippen molar-refractivity contribution >= 4 is 11.7 Å². The van der Waals surface area contributed by atoms with Crippen molar-refractivity contribution in [2.45, 2.75) is 32.8 Å². The number of phenols is 1. The lowest BCUT2D eigenvalue weighted by Crippen LogP contribution is -2.00. The molecule has 0 spiro atoms. The van der Waals surface area contributed by atoms with Crippen LogP contribution in [0.25, 0.3) is 5.76 Å². The fourth-order valence-corrected chi connectivity index (χ4v) is 2.66. The Labute approximate surface area is 129 Å². The predicted molar refractivity (Wildman–Crippen MR) is 82.9 cm³/mol. The zero-order valence-corrected chi connectivity index (χ0v) is 12.8. The number of aliphatic carboxylic acids is 1. The van der Waals surface area contributed by atoms with E-state index in [2.05, 4.69) is 6.58 Å². The SMILES string of the molecule is C=C1OCc2c(C)c(OC)c(C/C=C/CCC(=O)O)c(O)c21. The number of fused-ring (bicyclic) bond motifs is 1. The fraction of sp³-hybridized carbons (Fsp3) is 0.353. The number of rotatable bonds is 6. The molecule has 1 heterocycles. The molecule has 0 saturated heterocycles. The summed E-state index contributed by atoms with van der Waals surface area (Å²) in [6.07, 6.45) is 4.63. The lowest BCUT2D eigenvalue weighted by Gasteiger charge is -2.16. The number of hydrogen-bond donors (Lipinski definition) is 2. The van der Waals surface area contributed by atoms with E-state index < -0.39 is 5.97 Å². The van der Waals surface area contributed by atoms with Crippen LogP contribution in [-0.4, -0.2) is 23.3 Å². The molecule has 2 N–H and O–H groups in total. The van der Waals surface area contributed by atoms with Crippen molar-refractivity contribution in [2.24, 2.45) is 0 Å². The summed E-state index contributed by atoms with van der Waals surface area (Å²) in [6.45, 7) is 6.13. The molecule has 0 unspecified atom stereocenters. The van der Waals surface area contributed by atoms with Gasteiger partial charge in [0.25, 0.3) is 0 Å². The van der Waals surface area contributed by atoms with E-state index in [1.54, 1.807) is 13.2 Å². The number of hydrogen-bond acceptors (Lipinski definition) is 4. The van der Waals surface area contributed by atoms with E-state index in [-0.39, 0.29) is 12.2 Å². The topological polar surface area (TPSA) is 76.0 Å². The molecule has 0 radical (unpaired) electrons. The Hall–Kier alpha value is -2.43. The van der Waals surface area contributed by atoms with E-state index in [9.17, 15) is 9.90 Å². The van der Waals surface area contributed by atoms with E-state index in [1.807, 2.05) is 13.0 Å². The van der Waals surface area contributed by atoms with Crippen LogP contribution in [0.2, 0.25) is 0 Å². The highest BCUT2D eigenvalue weighted by Gasteiger charge is 2.28. The number of carbonyl (C=O) groups is 1. The monoisotopic (exact) mass is 304 g/mol. The van der Waals surface area contributed by atoms with E-state index in [0.717, 1.165) is 11.1 Å². The molecule has 0 aliphatic carbocycles. The van der Waals surface area contributed by atoms with Gasteiger partial charge >= 0.3 is 5.97 Å². The molecule has 1 aromatic rings. The van der Waals surface area contributed by atoms with Gasteiger partial charge in [0.15, 0.2) is 0 Å². The van der Waals surface area contributed by atoms with Gasteiger partial charge in [0.2, 0.25) is 0 Å². The fourth-order valence-electron chi connectivity index (χ4n) is 2.66. The molecular formula is C17H20O5. The third-order valence-electron chi connectivity index (χ3n) is 3.78. The van der Waals surface area contributed by atoms with Crippen LogP contribution in [0.4, 0.5) is 0 Å². The highest BCUT2D eigenvalue weighted by atomic mass is 16.5. The van der Waals surface area contributed by atoms with Crippen molar-refractivity contribution < 1.29 is 24.5 Å². The highest BCUT2D eigenvalue weighted by molar-refractivity contribution is 5.75. The first-order chi connectivity index (χ1) is 10.5. The van der Waals surface area contributed by atoms with Crippen LogP contribution in [0.5, 0.6) is 11.5 Å². The summed E-state index contributed by atoms with van der Waals surface area (Å²) in [5.41, 5.74) is 3.14. The average molecular weight is 304 g/mol. The van der Waals surface area contributed by atoms with Gasteiger partial charge in [0.1, 0.15) is 23.9 Å². The maximum atomic E-state index is 10.5. The van der Waals surface area contributed by atoms with Crippen LogP contribution in [0, 0.1) is 6.92 Å². The molecule has 0 atom stereocenters. The predicted octanol–water partition coefficient (Wildman–Crippen LogP) is 3.17. The molecule has 0 saturated carbocycles. The summed E-state index contributed by atoms with van der Waals surface area (Å²) in [5.74, 6) is 0.404. The standard InChI is InChI=1S/C17H20O5/c1-10-13-9-22-11(2)15(13)16(20)12(17(10)21-3)7-5-4-6-8-14(18)19/h4-5,20H,2,6-9H2,1,3H3,(H,18,19)/b5-4+. The molecule has 1 aliphatic rings. The summed E-state index contributed by atoms with van der Waals surface area (Å²) in [7, 11) is 1.57. The molecule has 1 aliphatic heterocycles. The van der Waals surface area contributed by atoms with Crippen molar-refractivity contribution in [3.63, 3.8) is 0 Å². The van der Waals surface area contributed by atoms with Crippen LogP contribution in [0.15, 0.2) is 18.7 Å². The molecule has 1 aromatic carbocycles. The zero-order chi connectivity index (χ0) is 16.3.